The summed E-state index contributed by atoms with van der Waals surface area (Å²) in [4.78, 5) is 27.0. The van der Waals surface area contributed by atoms with Crippen LogP contribution in [0.2, 0.25) is 0 Å². The number of amides is 2. The molecule has 0 radical (unpaired) electrons. The number of alkyl halides is 5. The van der Waals surface area contributed by atoms with Crippen LogP contribution in [0.5, 0.6) is 5.75 Å². The van der Waals surface area contributed by atoms with Crippen LogP contribution >= 0.6 is 0 Å². The van der Waals surface area contributed by atoms with Gasteiger partial charge in [-0.05, 0) is 25.0 Å². The monoisotopic (exact) mass is 466 g/mol. The maximum absolute atomic E-state index is 13.0. The van der Waals surface area contributed by atoms with Crippen molar-refractivity contribution in [1.82, 2.24) is 4.90 Å². The van der Waals surface area contributed by atoms with E-state index in [4.69, 9.17) is 10.5 Å². The van der Waals surface area contributed by atoms with Gasteiger partial charge < -0.3 is 25.4 Å². The van der Waals surface area contributed by atoms with Gasteiger partial charge in [0.2, 0.25) is 5.91 Å². The second kappa shape index (κ2) is 9.96. The van der Waals surface area contributed by atoms with Gasteiger partial charge in [0.1, 0.15) is 12.6 Å². The Labute approximate surface area is 180 Å². The van der Waals surface area contributed by atoms with Crippen LogP contribution in [0.1, 0.15) is 12.8 Å². The smallest absolute Gasteiger partial charge is 0.401 e. The van der Waals surface area contributed by atoms with E-state index in [-0.39, 0.29) is 43.4 Å². The molecule has 1 saturated heterocycles. The van der Waals surface area contributed by atoms with E-state index in [0.717, 1.165) is 11.0 Å². The summed E-state index contributed by atoms with van der Waals surface area (Å²) < 4.78 is 74.3. The Kier molecular flexibility index (Phi) is 7.51. The number of nitrogens with zero attached hydrogens (tertiary/aromatic N) is 2. The van der Waals surface area contributed by atoms with Crippen molar-refractivity contribution in [2.45, 2.75) is 37.7 Å². The van der Waals surface area contributed by atoms with Gasteiger partial charge in [0, 0.05) is 30.9 Å². The number of hydrogen-bond donors (Lipinski definition) is 2. The van der Waals surface area contributed by atoms with Crippen molar-refractivity contribution in [3.8, 4) is 5.75 Å². The summed E-state index contributed by atoms with van der Waals surface area (Å²) in [5, 5.41) is 2.42. The number of carbonyl (C=O) groups excluding carboxylic acids is 2. The third kappa shape index (κ3) is 6.26. The zero-order valence-corrected chi connectivity index (χ0v) is 16.9. The first-order valence-electron chi connectivity index (χ1n) is 9.89. The van der Waals surface area contributed by atoms with Crippen molar-refractivity contribution in [1.29, 1.82) is 0 Å². The molecule has 1 atom stereocenters. The second-order valence-electron chi connectivity index (χ2n) is 7.42. The minimum atomic E-state index is -4.51. The maximum Gasteiger partial charge on any atom is 0.401 e. The third-order valence-corrected chi connectivity index (χ3v) is 5.02. The Hall–Kier alpha value is -2.51. The van der Waals surface area contributed by atoms with Crippen molar-refractivity contribution in [3.05, 3.63) is 18.2 Å². The molecule has 32 heavy (non-hydrogen) atoms. The minimum absolute atomic E-state index is 0.0105. The molecule has 1 aliphatic carbocycles. The van der Waals surface area contributed by atoms with Crippen molar-refractivity contribution < 1.29 is 41.0 Å². The molecule has 0 unspecified atom stereocenters. The standard InChI is InChI=1S/C19H23F5N4O4/c20-18(21)32-15-7-11(1-4-13(15)27-5-6-31-9-16(27)29)26-17(30)14(8-25)28(12-2-3-12)10-19(22,23)24/h1,4,7,12,14,18H,2-3,5-6,8-10,25H2,(H,26,30)/t14-/m0/s1. The predicted octanol–water partition coefficient (Wildman–Crippen LogP) is 1.94. The molecule has 2 amide bonds. The van der Waals surface area contributed by atoms with Crippen LogP contribution in [0.15, 0.2) is 18.2 Å². The fourth-order valence-corrected chi connectivity index (χ4v) is 3.50. The Morgan fingerprint density at radius 2 is 2.06 bits per heavy atom. The highest BCUT2D eigenvalue weighted by Gasteiger charge is 2.43. The Morgan fingerprint density at radius 3 is 2.62 bits per heavy atom. The largest absolute Gasteiger partial charge is 0.433 e. The number of hydrogen-bond acceptors (Lipinski definition) is 6. The average Bonchev–Trinajstić information content (AvgIpc) is 3.52. The lowest BCUT2D eigenvalue weighted by molar-refractivity contribution is -0.154. The summed E-state index contributed by atoms with van der Waals surface area (Å²) in [6.07, 6.45) is -3.47. The zero-order chi connectivity index (χ0) is 23.5. The molecule has 0 bridgehead atoms. The summed E-state index contributed by atoms with van der Waals surface area (Å²) in [7, 11) is 0. The van der Waals surface area contributed by atoms with Gasteiger partial charge in [-0.25, -0.2) is 0 Å². The molecule has 1 saturated carbocycles. The summed E-state index contributed by atoms with van der Waals surface area (Å²) in [6.45, 7) is -4.75. The van der Waals surface area contributed by atoms with Gasteiger partial charge in [-0.2, -0.15) is 22.0 Å². The van der Waals surface area contributed by atoms with E-state index in [2.05, 4.69) is 10.1 Å². The molecule has 3 N–H and O–H groups in total. The summed E-state index contributed by atoms with van der Waals surface area (Å²) in [5.41, 5.74) is 5.67. The van der Waals surface area contributed by atoms with Crippen molar-refractivity contribution in [3.63, 3.8) is 0 Å². The van der Waals surface area contributed by atoms with Crippen molar-refractivity contribution in [2.24, 2.45) is 5.73 Å². The number of nitrogens with two attached hydrogens (primary N) is 1. The number of ether oxygens (including phenoxy) is 2. The number of morpholine rings is 1. The molecular formula is C19H23F5N4O4. The molecule has 0 aromatic heterocycles. The number of anilines is 2. The van der Waals surface area contributed by atoms with Gasteiger partial charge in [0.05, 0.1) is 18.8 Å². The molecular weight excluding hydrogens is 443 g/mol. The highest BCUT2D eigenvalue weighted by Crippen LogP contribution is 2.35. The van der Waals surface area contributed by atoms with E-state index >= 15 is 0 Å². The average molecular weight is 466 g/mol. The fraction of sp³-hybridized carbons (Fsp3) is 0.579. The Balaban J connectivity index is 1.80. The van der Waals surface area contributed by atoms with Gasteiger partial charge in [-0.1, -0.05) is 0 Å². The van der Waals surface area contributed by atoms with E-state index < -0.39 is 43.2 Å². The minimum Gasteiger partial charge on any atom is -0.433 e. The molecule has 1 heterocycles. The van der Waals surface area contributed by atoms with Crippen LogP contribution in [-0.4, -0.2) is 74.4 Å². The maximum atomic E-state index is 13.0. The van der Waals surface area contributed by atoms with E-state index in [1.165, 1.54) is 17.0 Å². The number of nitrogens with one attached hydrogen (secondary N) is 1. The van der Waals surface area contributed by atoms with E-state index in [0.29, 0.717) is 12.8 Å². The fourth-order valence-electron chi connectivity index (χ4n) is 3.50. The van der Waals surface area contributed by atoms with Crippen LogP contribution in [0.25, 0.3) is 0 Å². The van der Waals surface area contributed by atoms with Crippen molar-refractivity contribution >= 4 is 23.2 Å². The highest BCUT2D eigenvalue weighted by atomic mass is 19.4. The molecule has 1 aromatic rings. The van der Waals surface area contributed by atoms with E-state index in [9.17, 15) is 31.5 Å². The molecule has 1 aliphatic heterocycles. The normalized spacial score (nSPS) is 18.2. The Morgan fingerprint density at radius 1 is 1.34 bits per heavy atom. The lowest BCUT2D eigenvalue weighted by atomic mass is 10.2. The van der Waals surface area contributed by atoms with Crippen LogP contribution in [0.4, 0.5) is 33.3 Å². The molecule has 178 valence electrons. The molecule has 3 rings (SSSR count). The summed E-state index contributed by atoms with van der Waals surface area (Å²) in [6, 6.07) is 2.07. The summed E-state index contributed by atoms with van der Waals surface area (Å²) in [5.74, 6) is -1.63. The SMILES string of the molecule is NC[C@@H](C(=O)Nc1ccc(N2CCOCC2=O)c(OC(F)F)c1)N(CC(F)(F)F)C1CC1. The molecule has 2 fully saturated rings. The topological polar surface area (TPSA) is 97.1 Å². The van der Waals surface area contributed by atoms with Gasteiger partial charge in [0.15, 0.2) is 5.75 Å². The lowest BCUT2D eigenvalue weighted by Gasteiger charge is -2.31. The number of benzene rings is 1. The summed E-state index contributed by atoms with van der Waals surface area (Å²) >= 11 is 0. The number of rotatable bonds is 9. The van der Waals surface area contributed by atoms with E-state index in [1.54, 1.807) is 0 Å². The molecule has 8 nitrogen and oxygen atoms in total. The number of carbonyl (C=O) groups is 2. The lowest BCUT2D eigenvalue weighted by Crippen LogP contribution is -2.52. The van der Waals surface area contributed by atoms with Crippen LogP contribution < -0.4 is 20.7 Å². The van der Waals surface area contributed by atoms with Crippen LogP contribution in [0, 0.1) is 0 Å². The van der Waals surface area contributed by atoms with Gasteiger partial charge in [-0.3, -0.25) is 14.5 Å². The van der Waals surface area contributed by atoms with Gasteiger partial charge in [0.25, 0.3) is 5.91 Å². The third-order valence-electron chi connectivity index (χ3n) is 5.02. The first-order valence-corrected chi connectivity index (χ1v) is 9.89. The number of halogens is 5. The van der Waals surface area contributed by atoms with Gasteiger partial charge >= 0.3 is 12.8 Å². The molecule has 2 aliphatic rings. The van der Waals surface area contributed by atoms with Gasteiger partial charge in [-0.15, -0.1) is 0 Å². The first kappa shape index (κ1) is 24.1. The molecule has 1 aromatic carbocycles. The molecule has 13 heteroatoms. The van der Waals surface area contributed by atoms with Crippen molar-refractivity contribution in [2.75, 3.05) is 43.1 Å². The predicted molar refractivity (Wildman–Crippen MR) is 104 cm³/mol. The molecule has 0 spiro atoms. The van der Waals surface area contributed by atoms with Crippen LogP contribution in [-0.2, 0) is 14.3 Å². The Bertz CT molecular complexity index is 834. The van der Waals surface area contributed by atoms with Crippen LogP contribution in [0.3, 0.4) is 0 Å². The zero-order valence-electron chi connectivity index (χ0n) is 16.9. The second-order valence-corrected chi connectivity index (χ2v) is 7.42. The highest BCUT2D eigenvalue weighted by molar-refractivity contribution is 5.98. The first-order chi connectivity index (χ1) is 15.1. The van der Waals surface area contributed by atoms with E-state index in [1.807, 2.05) is 0 Å². The quantitative estimate of drug-likeness (QED) is 0.540.